The second-order valence-electron chi connectivity index (χ2n) is 16.4. The lowest BCUT2D eigenvalue weighted by Crippen LogP contribution is -2.45. The lowest BCUT2D eigenvalue weighted by Gasteiger charge is -2.22. The van der Waals surface area contributed by atoms with Crippen molar-refractivity contribution in [2.75, 3.05) is 13.2 Å². The zero-order chi connectivity index (χ0) is 39.4. The smallest absolute Gasteiger partial charge is 0.305 e. The fourth-order valence-electron chi connectivity index (χ4n) is 7.35. The minimum atomic E-state index is -0.692. The average Bonchev–Trinajstić information content (AvgIpc) is 3.17. The summed E-state index contributed by atoms with van der Waals surface area (Å²) in [6, 6.07) is -0.576. The Bertz CT molecular complexity index is 802. The number of amides is 1. The molecule has 2 atom stereocenters. The van der Waals surface area contributed by atoms with Crippen LogP contribution >= 0.6 is 0 Å². The Kier molecular flexibility index (Phi) is 43.2. The van der Waals surface area contributed by atoms with Crippen molar-refractivity contribution in [1.29, 1.82) is 0 Å². The zero-order valence-electron chi connectivity index (χ0n) is 36.2. The Labute approximate surface area is 336 Å². The molecule has 0 fully saturated rings. The highest BCUT2D eigenvalue weighted by atomic mass is 16.5. The van der Waals surface area contributed by atoms with Crippen LogP contribution in [-0.2, 0) is 14.3 Å². The van der Waals surface area contributed by atoms with Gasteiger partial charge in [-0.1, -0.05) is 212 Å². The number of hydrogen-bond donors (Lipinski definition) is 3. The molecule has 3 N–H and O–H groups in total. The van der Waals surface area contributed by atoms with E-state index in [0.29, 0.717) is 25.9 Å². The van der Waals surface area contributed by atoms with Crippen molar-refractivity contribution in [2.24, 2.45) is 0 Å². The van der Waals surface area contributed by atoms with Crippen LogP contribution in [0.2, 0.25) is 0 Å². The normalized spacial score (nSPS) is 12.7. The maximum absolute atomic E-state index is 12.4. The molecule has 2 unspecified atom stereocenters. The van der Waals surface area contributed by atoms with Gasteiger partial charge in [-0.05, 0) is 44.9 Å². The molecule has 0 aromatic heterocycles. The first-order chi connectivity index (χ1) is 26.5. The molecule has 320 valence electrons. The third-order valence-electron chi connectivity index (χ3n) is 11.1. The van der Waals surface area contributed by atoms with E-state index in [9.17, 15) is 19.8 Å². The standard InChI is InChI=1S/C48H93NO5/c1-3-5-7-9-11-13-15-17-18-20-22-26-30-34-38-42-48(53)54-43-39-35-31-27-23-25-29-33-37-41-47(52)49-45(44-50)46(51)40-36-32-28-24-21-19-16-14-12-10-8-6-4-2/h25,29,45-46,50-51H,3-24,26-28,30-44H2,1-2H3,(H,49,52)/b29-25-. The second-order valence-corrected chi connectivity index (χ2v) is 16.4. The Morgan fingerprint density at radius 1 is 0.500 bits per heavy atom. The summed E-state index contributed by atoms with van der Waals surface area (Å²) >= 11 is 0. The molecular weight excluding hydrogens is 671 g/mol. The van der Waals surface area contributed by atoms with Gasteiger partial charge in [0.2, 0.25) is 5.91 Å². The summed E-state index contributed by atoms with van der Waals surface area (Å²) < 4.78 is 5.44. The number of aliphatic hydroxyl groups is 2. The van der Waals surface area contributed by atoms with Crippen LogP contribution in [0.3, 0.4) is 0 Å². The first-order valence-corrected chi connectivity index (χ1v) is 23.9. The number of hydrogen-bond acceptors (Lipinski definition) is 5. The summed E-state index contributed by atoms with van der Waals surface area (Å²) in [5.41, 5.74) is 0. The highest BCUT2D eigenvalue weighted by Gasteiger charge is 2.20. The number of esters is 1. The third-order valence-corrected chi connectivity index (χ3v) is 11.1. The van der Waals surface area contributed by atoms with Gasteiger partial charge >= 0.3 is 5.97 Å². The van der Waals surface area contributed by atoms with Gasteiger partial charge in [0.05, 0.1) is 25.4 Å². The number of ether oxygens (including phenoxy) is 1. The van der Waals surface area contributed by atoms with Gasteiger partial charge in [0.1, 0.15) is 0 Å². The van der Waals surface area contributed by atoms with Gasteiger partial charge in [0.25, 0.3) is 0 Å². The van der Waals surface area contributed by atoms with E-state index in [4.69, 9.17) is 4.74 Å². The number of nitrogens with one attached hydrogen (secondary N) is 1. The minimum Gasteiger partial charge on any atom is -0.466 e. The molecule has 0 aromatic rings. The summed E-state index contributed by atoms with van der Waals surface area (Å²) in [6.07, 6.45) is 48.9. The molecule has 0 aliphatic heterocycles. The molecule has 0 aliphatic rings. The summed E-state index contributed by atoms with van der Waals surface area (Å²) in [5, 5.41) is 23.1. The Morgan fingerprint density at radius 2 is 0.889 bits per heavy atom. The van der Waals surface area contributed by atoms with Gasteiger partial charge in [-0.3, -0.25) is 9.59 Å². The second kappa shape index (κ2) is 44.3. The molecule has 0 saturated carbocycles. The van der Waals surface area contributed by atoms with Crippen LogP contribution in [0.4, 0.5) is 0 Å². The summed E-state index contributed by atoms with van der Waals surface area (Å²) in [4.78, 5) is 24.4. The van der Waals surface area contributed by atoms with Crippen molar-refractivity contribution < 1.29 is 24.5 Å². The molecule has 0 heterocycles. The SMILES string of the molecule is CCCCCCCCCCCCCCCCCC(=O)OCCCCCC/C=C\CCCC(=O)NC(CO)C(O)CCCCCCCCCCCCCCC. The molecular formula is C48H93NO5. The molecule has 0 aliphatic carbocycles. The fourth-order valence-corrected chi connectivity index (χ4v) is 7.35. The molecule has 0 aromatic carbocycles. The summed E-state index contributed by atoms with van der Waals surface area (Å²) in [5.74, 6) is -0.128. The van der Waals surface area contributed by atoms with Gasteiger partial charge in [0.15, 0.2) is 0 Å². The largest absolute Gasteiger partial charge is 0.466 e. The van der Waals surface area contributed by atoms with Crippen LogP contribution in [0.25, 0.3) is 0 Å². The maximum atomic E-state index is 12.4. The van der Waals surface area contributed by atoms with E-state index in [1.165, 1.54) is 154 Å². The van der Waals surface area contributed by atoms with Crippen LogP contribution < -0.4 is 5.32 Å². The van der Waals surface area contributed by atoms with Crippen LogP contribution in [0.1, 0.15) is 258 Å². The predicted molar refractivity (Wildman–Crippen MR) is 232 cm³/mol. The van der Waals surface area contributed by atoms with Crippen molar-refractivity contribution in [3.8, 4) is 0 Å². The highest BCUT2D eigenvalue weighted by molar-refractivity contribution is 5.76. The zero-order valence-corrected chi connectivity index (χ0v) is 36.2. The number of carbonyl (C=O) groups is 2. The van der Waals surface area contributed by atoms with Crippen LogP contribution in [0, 0.1) is 0 Å². The Balaban J connectivity index is 3.53. The van der Waals surface area contributed by atoms with Crippen molar-refractivity contribution in [3.05, 3.63) is 12.2 Å². The number of aliphatic hydroxyl groups excluding tert-OH is 2. The van der Waals surface area contributed by atoms with E-state index in [-0.39, 0.29) is 18.5 Å². The first kappa shape index (κ1) is 52.6. The lowest BCUT2D eigenvalue weighted by atomic mass is 10.0. The molecule has 0 spiro atoms. The van der Waals surface area contributed by atoms with E-state index in [1.54, 1.807) is 0 Å². The summed E-state index contributed by atoms with van der Waals surface area (Å²) in [6.45, 7) is 4.86. The van der Waals surface area contributed by atoms with Crippen molar-refractivity contribution in [3.63, 3.8) is 0 Å². The lowest BCUT2D eigenvalue weighted by molar-refractivity contribution is -0.143. The molecule has 0 saturated heterocycles. The molecule has 0 bridgehead atoms. The van der Waals surface area contributed by atoms with E-state index in [2.05, 4.69) is 31.3 Å². The number of carbonyl (C=O) groups excluding carboxylic acids is 2. The van der Waals surface area contributed by atoms with Crippen molar-refractivity contribution in [2.45, 2.75) is 270 Å². The quantitative estimate of drug-likeness (QED) is 0.0326. The van der Waals surface area contributed by atoms with Crippen molar-refractivity contribution in [1.82, 2.24) is 5.32 Å². The molecule has 0 radical (unpaired) electrons. The van der Waals surface area contributed by atoms with Crippen LogP contribution in [0.5, 0.6) is 0 Å². The topological polar surface area (TPSA) is 95.9 Å². The van der Waals surface area contributed by atoms with Crippen molar-refractivity contribution >= 4 is 11.9 Å². The van der Waals surface area contributed by atoms with Crippen LogP contribution in [0.15, 0.2) is 12.2 Å². The average molecular weight is 764 g/mol. The predicted octanol–water partition coefficient (Wildman–Crippen LogP) is 13.8. The molecule has 1 amide bonds. The summed E-state index contributed by atoms with van der Waals surface area (Å²) in [7, 11) is 0. The monoisotopic (exact) mass is 764 g/mol. The first-order valence-electron chi connectivity index (χ1n) is 23.9. The van der Waals surface area contributed by atoms with Gasteiger partial charge < -0.3 is 20.3 Å². The number of rotatable bonds is 44. The Morgan fingerprint density at radius 3 is 1.35 bits per heavy atom. The van der Waals surface area contributed by atoms with E-state index in [1.807, 2.05) is 0 Å². The Hall–Kier alpha value is -1.40. The minimum absolute atomic E-state index is 0.0330. The maximum Gasteiger partial charge on any atom is 0.305 e. The number of unbranched alkanes of at least 4 members (excludes halogenated alkanes) is 31. The van der Waals surface area contributed by atoms with Gasteiger partial charge in [-0.15, -0.1) is 0 Å². The van der Waals surface area contributed by atoms with E-state index < -0.39 is 12.1 Å². The molecule has 54 heavy (non-hydrogen) atoms. The fraction of sp³-hybridized carbons (Fsp3) is 0.917. The number of allylic oxidation sites excluding steroid dienone is 2. The molecule has 0 rings (SSSR count). The van der Waals surface area contributed by atoms with E-state index in [0.717, 1.165) is 70.6 Å². The van der Waals surface area contributed by atoms with Crippen LogP contribution in [-0.4, -0.2) is 47.4 Å². The molecule has 6 heteroatoms. The molecule has 6 nitrogen and oxygen atoms in total. The highest BCUT2D eigenvalue weighted by Crippen LogP contribution is 2.16. The van der Waals surface area contributed by atoms with E-state index >= 15 is 0 Å². The third kappa shape index (κ3) is 40.3. The van der Waals surface area contributed by atoms with Gasteiger partial charge in [-0.25, -0.2) is 0 Å². The van der Waals surface area contributed by atoms with Gasteiger partial charge in [0, 0.05) is 12.8 Å². The van der Waals surface area contributed by atoms with Gasteiger partial charge in [-0.2, -0.15) is 0 Å².